The number of esters is 1. The number of carbonyl (C=O) groups excluding carboxylic acids is 1. The Kier molecular flexibility index (Phi) is 3.61. The second-order valence-corrected chi connectivity index (χ2v) is 2.56. The van der Waals surface area contributed by atoms with E-state index in [4.69, 9.17) is 5.02 Å². The Balaban J connectivity index is 2.83. The lowest BCUT2D eigenvalue weighted by Crippen LogP contribution is -2.31. The van der Waals surface area contributed by atoms with Crippen molar-refractivity contribution < 1.29 is 23.9 Å². The lowest BCUT2D eigenvalue weighted by atomic mass is 9.80. The molecule has 74 valence electrons. The average molecular weight is 198 g/mol. The molecule has 1 aromatic carbocycles. The molecule has 0 saturated heterocycles. The second kappa shape index (κ2) is 4.73. The molecule has 0 aliphatic rings. The van der Waals surface area contributed by atoms with Crippen LogP contribution in [0.3, 0.4) is 0 Å². The highest BCUT2D eigenvalue weighted by molar-refractivity contribution is 6.59. The van der Waals surface area contributed by atoms with Crippen molar-refractivity contribution in [1.82, 2.24) is 0 Å². The van der Waals surface area contributed by atoms with Crippen LogP contribution in [0.15, 0.2) is 24.3 Å². The molecule has 0 amide bonds. The zero-order valence-electron chi connectivity index (χ0n) is 7.44. The van der Waals surface area contributed by atoms with Gasteiger partial charge in [-0.3, -0.25) is 0 Å². The third-order valence-corrected chi connectivity index (χ3v) is 1.70. The monoisotopic (exact) mass is 198 g/mol. The highest BCUT2D eigenvalue weighted by Crippen LogP contribution is 1.99. The molecule has 14 heavy (non-hydrogen) atoms. The van der Waals surface area contributed by atoms with Gasteiger partial charge in [-0.25, -0.2) is 9.65 Å². The number of methoxy groups -OCH3 is 1. The van der Waals surface area contributed by atoms with Crippen molar-refractivity contribution in [1.29, 1.82) is 0 Å². The second-order valence-electron chi connectivity index (χ2n) is 2.56. The van der Waals surface area contributed by atoms with Gasteiger partial charge < -0.3 is 9.76 Å². The maximum absolute atomic E-state index is 11.6. The van der Waals surface area contributed by atoms with Crippen LogP contribution in [-0.4, -0.2) is 25.2 Å². The van der Waals surface area contributed by atoms with Crippen LogP contribution in [0.1, 0.15) is 10.4 Å². The molecule has 1 aromatic rings. The molecule has 0 unspecified atom stereocenters. The number of halogens is 1. The summed E-state index contributed by atoms with van der Waals surface area (Å²) in [4.78, 5) is 14.2. The fourth-order valence-electron chi connectivity index (χ4n) is 0.953. The Labute approximate surface area is 80.3 Å². The van der Waals surface area contributed by atoms with Crippen LogP contribution >= 0.6 is 0 Å². The summed E-state index contributed by atoms with van der Waals surface area (Å²) < 4.78 is 16.0. The van der Waals surface area contributed by atoms with Crippen LogP contribution in [-0.2, 0) is 9.60 Å². The molecule has 0 fully saturated rings. The summed E-state index contributed by atoms with van der Waals surface area (Å²) in [5.41, 5.74) is 0.544. The topological polar surface area (TPSA) is 55.8 Å². The van der Waals surface area contributed by atoms with Crippen molar-refractivity contribution in [3.8, 4) is 0 Å². The molecule has 0 bridgehead atoms. The average Bonchev–Trinajstić information content (AvgIpc) is 2.27. The van der Waals surface area contributed by atoms with Gasteiger partial charge in [0, 0.05) is 0 Å². The van der Waals surface area contributed by atoms with Crippen LogP contribution in [0.4, 0.5) is 4.53 Å². The van der Waals surface area contributed by atoms with E-state index in [-0.39, 0.29) is 5.46 Å². The lowest BCUT2D eigenvalue weighted by Gasteiger charge is -2.02. The molecule has 0 aliphatic heterocycles. The minimum atomic E-state index is -1.62. The Morgan fingerprint density at radius 1 is 1.43 bits per heavy atom. The Hall–Kier alpha value is -1.40. The lowest BCUT2D eigenvalue weighted by molar-refractivity contribution is -0.0267. The van der Waals surface area contributed by atoms with Crippen LogP contribution in [0.5, 0.6) is 0 Å². The van der Waals surface area contributed by atoms with Gasteiger partial charge in [-0.05, 0) is 17.6 Å². The van der Waals surface area contributed by atoms with E-state index in [0.717, 1.165) is 0 Å². The van der Waals surface area contributed by atoms with Crippen LogP contribution in [0.25, 0.3) is 0 Å². The molecule has 0 aliphatic carbocycles. The van der Waals surface area contributed by atoms with Gasteiger partial charge in [0.15, 0.2) is 0 Å². The van der Waals surface area contributed by atoms with Gasteiger partial charge in [0.2, 0.25) is 0 Å². The summed E-state index contributed by atoms with van der Waals surface area (Å²) >= 11 is 0. The number of rotatable bonds is 3. The van der Waals surface area contributed by atoms with E-state index in [0.29, 0.717) is 5.56 Å². The van der Waals surface area contributed by atoms with Crippen LogP contribution < -0.4 is 5.46 Å². The molecule has 0 aromatic heterocycles. The molecule has 4 nitrogen and oxygen atoms in total. The third kappa shape index (κ3) is 2.30. The minimum Gasteiger partial charge on any atom is -0.465 e. The van der Waals surface area contributed by atoms with Gasteiger partial charge in [0.05, 0.1) is 12.7 Å². The maximum Gasteiger partial charge on any atom is 0.529 e. The van der Waals surface area contributed by atoms with Crippen LogP contribution in [0, 0.1) is 0 Å². The molecule has 6 heteroatoms. The Morgan fingerprint density at radius 3 is 2.43 bits per heavy atom. The van der Waals surface area contributed by atoms with Crippen molar-refractivity contribution >= 4 is 18.6 Å². The number of hydrogen-bond donors (Lipinski definition) is 1. The van der Waals surface area contributed by atoms with Gasteiger partial charge in [-0.1, -0.05) is 16.7 Å². The molecule has 0 saturated carbocycles. The van der Waals surface area contributed by atoms with E-state index < -0.39 is 13.1 Å². The first kappa shape index (κ1) is 10.7. The molecule has 0 atom stereocenters. The van der Waals surface area contributed by atoms with E-state index >= 15 is 0 Å². The molecular formula is C8H8BFO4. The fraction of sp³-hybridized carbons (Fsp3) is 0.125. The normalized spacial score (nSPS) is 9.64. The predicted molar refractivity (Wildman–Crippen MR) is 47.6 cm³/mol. The zero-order valence-corrected chi connectivity index (χ0v) is 7.44. The summed E-state index contributed by atoms with van der Waals surface area (Å²) in [5, 5.41) is 8.90. The first-order valence-corrected chi connectivity index (χ1v) is 3.82. The summed E-state index contributed by atoms with van der Waals surface area (Å²) in [6.07, 6.45) is 0. The van der Waals surface area contributed by atoms with Crippen molar-refractivity contribution in [3.05, 3.63) is 29.8 Å². The quantitative estimate of drug-likeness (QED) is 0.551. The molecule has 0 heterocycles. The summed E-state index contributed by atoms with van der Waals surface area (Å²) in [6, 6.07) is 5.56. The zero-order chi connectivity index (χ0) is 10.6. The van der Waals surface area contributed by atoms with Gasteiger partial charge >= 0.3 is 13.1 Å². The molecule has 1 rings (SSSR count). The van der Waals surface area contributed by atoms with Crippen molar-refractivity contribution in [2.75, 3.05) is 7.11 Å². The van der Waals surface area contributed by atoms with Gasteiger partial charge in [-0.15, -0.1) is 0 Å². The van der Waals surface area contributed by atoms with E-state index in [1.54, 1.807) is 0 Å². The van der Waals surface area contributed by atoms with E-state index in [2.05, 4.69) is 9.60 Å². The molecule has 0 radical (unpaired) electrons. The van der Waals surface area contributed by atoms with Gasteiger partial charge in [-0.2, -0.15) is 0 Å². The smallest absolute Gasteiger partial charge is 0.465 e. The minimum absolute atomic E-state index is 0.222. The summed E-state index contributed by atoms with van der Waals surface area (Å²) in [7, 11) is -0.364. The van der Waals surface area contributed by atoms with Crippen molar-refractivity contribution in [3.63, 3.8) is 0 Å². The molecular weight excluding hydrogens is 190 g/mol. The number of hydrogen-bond acceptors (Lipinski definition) is 4. The third-order valence-electron chi connectivity index (χ3n) is 1.70. The Bertz CT molecular complexity index is 314. The van der Waals surface area contributed by atoms with Crippen molar-refractivity contribution in [2.24, 2.45) is 0 Å². The highest BCUT2D eigenvalue weighted by atomic mass is 19.3. The number of ether oxygens (including phenoxy) is 1. The maximum atomic E-state index is 11.6. The Morgan fingerprint density at radius 2 is 2.00 bits per heavy atom. The first-order valence-electron chi connectivity index (χ1n) is 3.82. The SMILES string of the molecule is COC(=O)c1ccc(B(O)OF)cc1. The fourth-order valence-corrected chi connectivity index (χ4v) is 0.953. The summed E-state index contributed by atoms with van der Waals surface area (Å²) in [6.45, 7) is 0. The van der Waals surface area contributed by atoms with Crippen LogP contribution in [0.2, 0.25) is 0 Å². The van der Waals surface area contributed by atoms with E-state index in [1.807, 2.05) is 0 Å². The van der Waals surface area contributed by atoms with E-state index in [9.17, 15) is 9.32 Å². The highest BCUT2D eigenvalue weighted by Gasteiger charge is 2.17. The standard InChI is InChI=1S/C8H8BFO4/c1-13-8(11)6-2-4-7(5-3-6)9(12)14-10/h2-5,12H,1H3. The van der Waals surface area contributed by atoms with Gasteiger partial charge in [0.1, 0.15) is 0 Å². The first-order chi connectivity index (χ1) is 6.69. The predicted octanol–water partition coefficient (Wildman–Crippen LogP) is 0.0618. The molecule has 1 N–H and O–H groups in total. The molecule has 0 spiro atoms. The largest absolute Gasteiger partial charge is 0.529 e. The van der Waals surface area contributed by atoms with Gasteiger partial charge in [0.25, 0.3) is 0 Å². The summed E-state index contributed by atoms with van der Waals surface area (Å²) in [5.74, 6) is -0.493. The number of benzene rings is 1. The van der Waals surface area contributed by atoms with E-state index in [1.165, 1.54) is 31.4 Å². The van der Waals surface area contributed by atoms with Crippen molar-refractivity contribution in [2.45, 2.75) is 0 Å². The number of carbonyl (C=O) groups is 1.